The summed E-state index contributed by atoms with van der Waals surface area (Å²) in [7, 11) is 1.37. The molecule has 0 aliphatic carbocycles. The molecule has 0 fully saturated rings. The van der Waals surface area contributed by atoms with Crippen molar-refractivity contribution >= 4 is 37.8 Å². The fraction of sp³-hybridized carbons (Fsp3) is 0.250. The fourth-order valence-corrected chi connectivity index (χ4v) is 1.44. The van der Waals surface area contributed by atoms with Gasteiger partial charge in [-0.15, -0.1) is 0 Å². The van der Waals surface area contributed by atoms with E-state index in [2.05, 4.69) is 36.6 Å². The van der Waals surface area contributed by atoms with E-state index in [0.717, 1.165) is 10.0 Å². The smallest absolute Gasteiger partial charge is 0.310 e. The van der Waals surface area contributed by atoms with Crippen molar-refractivity contribution in [2.24, 2.45) is 0 Å². The van der Waals surface area contributed by atoms with Crippen molar-refractivity contribution in [2.45, 2.75) is 6.42 Å². The Morgan fingerprint density at radius 2 is 2.12 bits per heavy atom. The highest BCUT2D eigenvalue weighted by atomic mass is 79.9. The van der Waals surface area contributed by atoms with Crippen LogP contribution in [0.15, 0.2) is 33.7 Å². The van der Waals surface area contributed by atoms with Crippen molar-refractivity contribution in [1.29, 1.82) is 0 Å². The fourth-order valence-electron chi connectivity index (χ4n) is 1.20. The van der Waals surface area contributed by atoms with Gasteiger partial charge in [-0.2, -0.15) is 0 Å². The molecule has 1 rings (SSSR count). The number of para-hydroxylation sites is 1. The Bertz CT molecular complexity index is 416. The molecule has 17 heavy (non-hydrogen) atoms. The summed E-state index contributed by atoms with van der Waals surface area (Å²) in [5, 5.41) is 0. The summed E-state index contributed by atoms with van der Waals surface area (Å²) in [6.07, 6.45) is 0.211. The summed E-state index contributed by atoms with van der Waals surface area (Å²) in [6.45, 7) is 0.406. The molecule has 0 spiro atoms. The Hall–Kier alpha value is -0.810. The minimum Gasteiger partial charge on any atom is -0.488 e. The molecule has 0 bridgehead atoms. The van der Waals surface area contributed by atoms with Gasteiger partial charge in [-0.1, -0.05) is 50.1 Å². The quantitative estimate of drug-likeness (QED) is 0.752. The van der Waals surface area contributed by atoms with E-state index in [1.165, 1.54) is 7.11 Å². The highest BCUT2D eigenvalue weighted by Crippen LogP contribution is 2.20. The SMILES string of the molecule is COC(=O)Cc1ccccc1OCC(Br)=CBr. The molecule has 0 aromatic heterocycles. The average molecular weight is 364 g/mol. The second-order valence-electron chi connectivity index (χ2n) is 3.21. The van der Waals surface area contributed by atoms with E-state index in [0.29, 0.717) is 12.4 Å². The van der Waals surface area contributed by atoms with Crippen LogP contribution in [0.25, 0.3) is 0 Å². The number of hydrogen-bond donors (Lipinski definition) is 0. The van der Waals surface area contributed by atoms with Gasteiger partial charge in [0.15, 0.2) is 0 Å². The zero-order valence-electron chi connectivity index (χ0n) is 9.28. The Labute approximate surface area is 117 Å². The molecule has 0 heterocycles. The number of methoxy groups -OCH3 is 1. The minimum atomic E-state index is -0.281. The van der Waals surface area contributed by atoms with Crippen molar-refractivity contribution < 1.29 is 14.3 Å². The summed E-state index contributed by atoms with van der Waals surface area (Å²) in [5.74, 6) is 0.403. The van der Waals surface area contributed by atoms with E-state index in [1.54, 1.807) is 4.99 Å². The second kappa shape index (κ2) is 7.50. The molecule has 0 unspecified atom stereocenters. The van der Waals surface area contributed by atoms with Crippen molar-refractivity contribution in [2.75, 3.05) is 13.7 Å². The van der Waals surface area contributed by atoms with Gasteiger partial charge in [-0.25, -0.2) is 0 Å². The monoisotopic (exact) mass is 362 g/mol. The van der Waals surface area contributed by atoms with Crippen LogP contribution in [0.1, 0.15) is 5.56 Å². The number of halogens is 2. The molecule has 0 N–H and O–H groups in total. The summed E-state index contributed by atoms with van der Waals surface area (Å²) in [4.78, 5) is 13.0. The van der Waals surface area contributed by atoms with Gasteiger partial charge in [0.1, 0.15) is 12.4 Å². The molecule has 0 saturated carbocycles. The zero-order chi connectivity index (χ0) is 12.7. The van der Waals surface area contributed by atoms with Crippen LogP contribution in [0.4, 0.5) is 0 Å². The first-order valence-electron chi connectivity index (χ1n) is 4.89. The minimum absolute atomic E-state index is 0.211. The molecule has 5 heteroatoms. The Kier molecular flexibility index (Phi) is 6.29. The molecule has 0 aliphatic heterocycles. The zero-order valence-corrected chi connectivity index (χ0v) is 12.5. The van der Waals surface area contributed by atoms with Crippen molar-refractivity contribution in [3.63, 3.8) is 0 Å². The van der Waals surface area contributed by atoms with Gasteiger partial charge in [0.25, 0.3) is 0 Å². The maximum Gasteiger partial charge on any atom is 0.310 e. The molecule has 1 aromatic carbocycles. The largest absolute Gasteiger partial charge is 0.488 e. The van der Waals surface area contributed by atoms with Crippen molar-refractivity contribution in [3.8, 4) is 5.75 Å². The van der Waals surface area contributed by atoms with Gasteiger partial charge in [-0.05, 0) is 11.1 Å². The number of carbonyl (C=O) groups is 1. The number of hydrogen-bond acceptors (Lipinski definition) is 3. The van der Waals surface area contributed by atoms with Gasteiger partial charge < -0.3 is 9.47 Å². The number of esters is 1. The molecule has 92 valence electrons. The molecule has 0 aliphatic rings. The number of benzene rings is 1. The summed E-state index contributed by atoms with van der Waals surface area (Å²) >= 11 is 6.52. The van der Waals surface area contributed by atoms with Crippen LogP contribution < -0.4 is 4.74 Å². The van der Waals surface area contributed by atoms with Crippen LogP contribution in [0, 0.1) is 0 Å². The van der Waals surface area contributed by atoms with Crippen LogP contribution in [0.2, 0.25) is 0 Å². The van der Waals surface area contributed by atoms with Crippen LogP contribution >= 0.6 is 31.9 Å². The predicted octanol–water partition coefficient (Wildman–Crippen LogP) is 3.41. The Balaban J connectivity index is 2.74. The second-order valence-corrected chi connectivity index (χ2v) is 4.68. The van der Waals surface area contributed by atoms with Gasteiger partial charge >= 0.3 is 5.97 Å². The van der Waals surface area contributed by atoms with Crippen LogP contribution in [0.3, 0.4) is 0 Å². The lowest BCUT2D eigenvalue weighted by Crippen LogP contribution is -2.07. The summed E-state index contributed by atoms with van der Waals surface area (Å²) in [6, 6.07) is 7.40. The summed E-state index contributed by atoms with van der Waals surface area (Å²) in [5.41, 5.74) is 0.814. The molecule has 0 amide bonds. The molecule has 0 radical (unpaired) electrons. The highest BCUT2D eigenvalue weighted by Gasteiger charge is 2.08. The lowest BCUT2D eigenvalue weighted by atomic mass is 10.1. The van der Waals surface area contributed by atoms with E-state index >= 15 is 0 Å². The van der Waals surface area contributed by atoms with E-state index in [4.69, 9.17) is 4.74 Å². The lowest BCUT2D eigenvalue weighted by molar-refractivity contribution is -0.139. The maximum absolute atomic E-state index is 11.2. The van der Waals surface area contributed by atoms with Crippen molar-refractivity contribution in [3.05, 3.63) is 39.3 Å². The van der Waals surface area contributed by atoms with Gasteiger partial charge in [0.05, 0.1) is 13.5 Å². The van der Waals surface area contributed by atoms with E-state index in [-0.39, 0.29) is 12.4 Å². The normalized spacial score (nSPS) is 11.1. The number of ether oxygens (including phenoxy) is 2. The molecule has 0 atom stereocenters. The third-order valence-electron chi connectivity index (χ3n) is 2.02. The Morgan fingerprint density at radius 3 is 2.76 bits per heavy atom. The number of rotatable bonds is 5. The molecular weight excluding hydrogens is 352 g/mol. The van der Waals surface area contributed by atoms with Crippen LogP contribution in [-0.4, -0.2) is 19.7 Å². The first kappa shape index (κ1) is 14.3. The highest BCUT2D eigenvalue weighted by molar-refractivity contribution is 9.14. The molecule has 0 saturated heterocycles. The van der Waals surface area contributed by atoms with Gasteiger partial charge in [0, 0.05) is 10.0 Å². The number of carbonyl (C=O) groups excluding carboxylic acids is 1. The maximum atomic E-state index is 11.2. The standard InChI is InChI=1S/C12H12Br2O3/c1-16-12(15)6-9-4-2-3-5-11(9)17-8-10(14)7-13/h2-5,7H,6,8H2,1H3. The topological polar surface area (TPSA) is 35.5 Å². The molecular formula is C12H12Br2O3. The third-order valence-corrected chi connectivity index (χ3v) is 3.64. The third kappa shape index (κ3) is 4.91. The lowest BCUT2D eigenvalue weighted by Gasteiger charge is -2.10. The predicted molar refractivity (Wildman–Crippen MR) is 73.6 cm³/mol. The molecule has 1 aromatic rings. The van der Waals surface area contributed by atoms with Crippen LogP contribution in [-0.2, 0) is 16.0 Å². The van der Waals surface area contributed by atoms with Crippen LogP contribution in [0.5, 0.6) is 5.75 Å². The van der Waals surface area contributed by atoms with E-state index in [9.17, 15) is 4.79 Å². The first-order valence-corrected chi connectivity index (χ1v) is 6.60. The molecule has 3 nitrogen and oxygen atoms in total. The van der Waals surface area contributed by atoms with E-state index < -0.39 is 0 Å². The van der Waals surface area contributed by atoms with Gasteiger partial charge in [-0.3, -0.25) is 4.79 Å². The average Bonchev–Trinajstić information content (AvgIpc) is 2.37. The summed E-state index contributed by atoms with van der Waals surface area (Å²) < 4.78 is 11.1. The Morgan fingerprint density at radius 1 is 1.41 bits per heavy atom. The first-order chi connectivity index (χ1) is 8.17. The van der Waals surface area contributed by atoms with Gasteiger partial charge in [0.2, 0.25) is 0 Å². The van der Waals surface area contributed by atoms with Crippen molar-refractivity contribution in [1.82, 2.24) is 0 Å². The van der Waals surface area contributed by atoms with E-state index in [1.807, 2.05) is 24.3 Å².